The predicted molar refractivity (Wildman–Crippen MR) is 188 cm³/mol. The number of alkyl halides is 1. The van der Waals surface area contributed by atoms with Crippen LogP contribution in [0.4, 0.5) is 4.39 Å². The minimum Gasteiger partial charge on any atom is -0.493 e. The maximum absolute atomic E-state index is 17.8. The lowest BCUT2D eigenvalue weighted by molar-refractivity contribution is -0.754. The summed E-state index contributed by atoms with van der Waals surface area (Å²) < 4.78 is 39.6. The Bertz CT molecular complexity index is 1810. The van der Waals surface area contributed by atoms with Gasteiger partial charge in [0.05, 0.1) is 13.2 Å². The Labute approximate surface area is 311 Å². The zero-order chi connectivity index (χ0) is 39.6. The Balaban J connectivity index is 1.37. The predicted octanol–water partition coefficient (Wildman–Crippen LogP) is 5.02. The summed E-state index contributed by atoms with van der Waals surface area (Å²) in [4.78, 5) is 79.2. The molecular weight excluding hydrogens is 709 g/mol. The molecule has 3 saturated carbocycles. The molecule has 0 saturated heterocycles. The van der Waals surface area contributed by atoms with Gasteiger partial charge in [-0.2, -0.15) is 0 Å². The molecule has 0 heterocycles. The van der Waals surface area contributed by atoms with Crippen LogP contribution in [0.1, 0.15) is 78.2 Å². The van der Waals surface area contributed by atoms with Gasteiger partial charge in [0.2, 0.25) is 5.78 Å². The van der Waals surface area contributed by atoms with Gasteiger partial charge in [0.1, 0.15) is 0 Å². The van der Waals surface area contributed by atoms with Crippen molar-refractivity contribution in [3.05, 3.63) is 63.8 Å². The number of nitrogens with zero attached hydrogens (tertiary/aromatic N) is 1. The number of unbranched alkanes of at least 4 members (excludes halogenated alkanes) is 1. The molecule has 0 aromatic heterocycles. The second-order valence-electron chi connectivity index (χ2n) is 15.0. The second-order valence-corrected chi connectivity index (χ2v) is 15.0. The first kappa shape index (κ1) is 40.3. The summed E-state index contributed by atoms with van der Waals surface area (Å²) in [6.07, 6.45) is 7.27. The summed E-state index contributed by atoms with van der Waals surface area (Å²) in [6.45, 7) is 5.43. The molecule has 0 amide bonds. The molecule has 5 rings (SSSR count). The first-order valence-corrected chi connectivity index (χ1v) is 18.0. The summed E-state index contributed by atoms with van der Waals surface area (Å²) in [5.41, 5.74) is -5.44. The van der Waals surface area contributed by atoms with Crippen LogP contribution in [0.25, 0.3) is 6.08 Å². The highest BCUT2D eigenvalue weighted by atomic mass is 19.1. The van der Waals surface area contributed by atoms with Gasteiger partial charge in [-0.1, -0.05) is 44.9 Å². The Kier molecular flexibility index (Phi) is 11.5. The third kappa shape index (κ3) is 6.93. The Morgan fingerprint density at radius 1 is 1.11 bits per heavy atom. The molecule has 292 valence electrons. The van der Waals surface area contributed by atoms with Crippen LogP contribution in [0.15, 0.2) is 48.1 Å². The number of carbonyl (C=O) groups is 5. The zero-order valence-electron chi connectivity index (χ0n) is 31.0. The van der Waals surface area contributed by atoms with E-state index < -0.39 is 87.9 Å². The minimum absolute atomic E-state index is 0.0414. The van der Waals surface area contributed by atoms with Crippen LogP contribution in [0.5, 0.6) is 11.5 Å². The summed E-state index contributed by atoms with van der Waals surface area (Å²) in [5.74, 6) is -5.30. The highest BCUT2D eigenvalue weighted by Crippen LogP contribution is 2.71. The molecule has 4 aliphatic carbocycles. The normalized spacial score (nSPS) is 32.4. The van der Waals surface area contributed by atoms with Crippen LogP contribution >= 0.6 is 0 Å². The number of hydrogen-bond donors (Lipinski definition) is 1. The molecular formula is C39H46FNO13. The molecule has 8 atom stereocenters. The van der Waals surface area contributed by atoms with Gasteiger partial charge in [-0.15, -0.1) is 10.1 Å². The van der Waals surface area contributed by atoms with Gasteiger partial charge in [0, 0.05) is 35.2 Å². The number of allylic oxidation sites excluding steroid dienone is 4. The molecule has 1 aromatic rings. The van der Waals surface area contributed by atoms with Crippen molar-refractivity contribution in [2.75, 3.05) is 20.3 Å². The third-order valence-electron chi connectivity index (χ3n) is 12.1. The standard InChI is InChI=1S/C39H46FNO13/c1-6-7-8-34(46)54-39(32(44)21-51-33(45)14-10-24-9-13-29(30(18-24)50-5)53-35(47)22-52-41(48)49)23(2)17-28-27-12-11-25-19-26(42)15-16-36(25,3)38(27,40)31(43)20-37(28,39)4/h9-10,13-16,18-19,23,27-28,31,43H,6-8,11-12,17,20-22H2,1-5H3/b14-10+/t23-,27?,28?,31-,36-,37-,38-,39-/m0/s1. The first-order valence-electron chi connectivity index (χ1n) is 18.0. The van der Waals surface area contributed by atoms with Gasteiger partial charge in [0.15, 0.2) is 41.8 Å². The van der Waals surface area contributed by atoms with E-state index in [1.54, 1.807) is 26.8 Å². The maximum Gasteiger partial charge on any atom is 0.337 e. The number of methoxy groups -OCH3 is 1. The average molecular weight is 756 g/mol. The number of rotatable bonds is 14. The van der Waals surface area contributed by atoms with E-state index in [1.165, 1.54) is 43.5 Å². The molecule has 0 radical (unpaired) electrons. The molecule has 1 N–H and O–H groups in total. The Hall–Kier alpha value is -4.92. The highest BCUT2D eigenvalue weighted by Gasteiger charge is 2.77. The lowest BCUT2D eigenvalue weighted by Gasteiger charge is -2.62. The molecule has 14 nitrogen and oxygen atoms in total. The number of benzene rings is 1. The van der Waals surface area contributed by atoms with Crippen molar-refractivity contribution in [1.82, 2.24) is 0 Å². The zero-order valence-corrected chi connectivity index (χ0v) is 31.0. The SMILES string of the molecule is CCCCC(=O)O[C@]1(C(=O)COC(=O)/C=C/c2ccc(OC(=O)CO[N+](=O)[O-])c(OC)c2)[C@@H](C)CC2C3CCC4=CC(=O)C=C[C@]4(C)[C@@]3(F)[C@@H](O)C[C@@]21C. The van der Waals surface area contributed by atoms with Crippen LogP contribution in [0.3, 0.4) is 0 Å². The Morgan fingerprint density at radius 2 is 1.85 bits per heavy atom. The number of esters is 3. The fourth-order valence-corrected chi connectivity index (χ4v) is 9.54. The summed E-state index contributed by atoms with van der Waals surface area (Å²) in [5, 5.41) is 21.0. The quantitative estimate of drug-likeness (QED) is 0.0875. The van der Waals surface area contributed by atoms with Crippen LogP contribution in [0.2, 0.25) is 0 Å². The number of carbonyl (C=O) groups excluding carboxylic acids is 5. The van der Waals surface area contributed by atoms with Crippen molar-refractivity contribution >= 4 is 35.6 Å². The molecule has 2 unspecified atom stereocenters. The van der Waals surface area contributed by atoms with E-state index in [1.807, 2.05) is 6.92 Å². The molecule has 4 aliphatic rings. The van der Waals surface area contributed by atoms with Gasteiger partial charge in [-0.3, -0.25) is 14.4 Å². The van der Waals surface area contributed by atoms with Crippen molar-refractivity contribution < 1.29 is 62.3 Å². The number of ketones is 2. The molecule has 0 spiro atoms. The van der Waals surface area contributed by atoms with Crippen LogP contribution in [-0.2, 0) is 38.3 Å². The first-order chi connectivity index (χ1) is 25.5. The van der Waals surface area contributed by atoms with Crippen LogP contribution < -0.4 is 9.47 Å². The Morgan fingerprint density at radius 3 is 2.54 bits per heavy atom. The van der Waals surface area contributed by atoms with Crippen molar-refractivity contribution in [1.29, 1.82) is 0 Å². The average Bonchev–Trinajstić information content (AvgIpc) is 3.34. The van der Waals surface area contributed by atoms with E-state index >= 15 is 4.39 Å². The second kappa shape index (κ2) is 15.4. The van der Waals surface area contributed by atoms with Crippen molar-refractivity contribution in [2.24, 2.45) is 28.6 Å². The molecule has 0 aliphatic heterocycles. The van der Waals surface area contributed by atoms with Gasteiger partial charge in [-0.25, -0.2) is 14.0 Å². The number of hydrogen-bond acceptors (Lipinski definition) is 13. The maximum atomic E-state index is 17.8. The fraction of sp³-hybridized carbons (Fsp3) is 0.564. The molecule has 0 bridgehead atoms. The number of aliphatic hydroxyl groups excluding tert-OH is 1. The largest absolute Gasteiger partial charge is 0.493 e. The van der Waals surface area contributed by atoms with Gasteiger partial charge in [-0.05, 0) is 80.9 Å². The lowest BCUT2D eigenvalue weighted by atomic mass is 9.44. The molecule has 15 heteroatoms. The third-order valence-corrected chi connectivity index (χ3v) is 12.1. The van der Waals surface area contributed by atoms with Gasteiger partial charge in [0.25, 0.3) is 5.09 Å². The van der Waals surface area contributed by atoms with Crippen LogP contribution in [0, 0.1) is 38.7 Å². The number of ether oxygens (including phenoxy) is 4. The number of fused-ring (bicyclic) bond motifs is 5. The van der Waals surface area contributed by atoms with Gasteiger partial charge < -0.3 is 28.9 Å². The number of halogens is 1. The minimum atomic E-state index is -2.16. The van der Waals surface area contributed by atoms with E-state index in [-0.39, 0.29) is 30.1 Å². The lowest BCUT2D eigenvalue weighted by Crippen LogP contribution is -2.70. The van der Waals surface area contributed by atoms with Crippen molar-refractivity contribution in [3.63, 3.8) is 0 Å². The summed E-state index contributed by atoms with van der Waals surface area (Å²) >= 11 is 0. The van der Waals surface area contributed by atoms with Crippen LogP contribution in [-0.4, -0.2) is 77.4 Å². The fourth-order valence-electron chi connectivity index (χ4n) is 9.54. The highest BCUT2D eigenvalue weighted by molar-refractivity contribution is 6.01. The molecule has 54 heavy (non-hydrogen) atoms. The van der Waals surface area contributed by atoms with E-state index in [4.69, 9.17) is 18.9 Å². The monoisotopic (exact) mass is 755 g/mol. The van der Waals surface area contributed by atoms with E-state index in [0.717, 1.165) is 6.08 Å². The topological polar surface area (TPSA) is 195 Å². The number of Topliss-reactive ketones (excluding diaryl/α,β-unsaturated/α-hetero) is 1. The summed E-state index contributed by atoms with van der Waals surface area (Å²) in [6, 6.07) is 4.22. The van der Waals surface area contributed by atoms with Crippen molar-refractivity contribution in [3.8, 4) is 11.5 Å². The van der Waals surface area contributed by atoms with E-state index in [2.05, 4.69) is 4.84 Å². The van der Waals surface area contributed by atoms with E-state index in [0.29, 0.717) is 43.2 Å². The van der Waals surface area contributed by atoms with E-state index in [9.17, 15) is 39.2 Å². The molecule has 1 aromatic carbocycles. The summed E-state index contributed by atoms with van der Waals surface area (Å²) in [7, 11) is 1.30. The van der Waals surface area contributed by atoms with Crippen molar-refractivity contribution in [2.45, 2.75) is 90.0 Å². The van der Waals surface area contributed by atoms with Gasteiger partial charge >= 0.3 is 17.9 Å². The number of aliphatic hydroxyl groups is 1. The molecule has 3 fully saturated rings. The smallest absolute Gasteiger partial charge is 0.337 e.